The normalized spacial score (nSPS) is 22.7. The summed E-state index contributed by atoms with van der Waals surface area (Å²) in [5.74, 6) is 0.121. The van der Waals surface area contributed by atoms with Gasteiger partial charge in [-0.3, -0.25) is 9.80 Å². The fraction of sp³-hybridized carbons (Fsp3) is 0.381. The predicted molar refractivity (Wildman–Crippen MR) is 107 cm³/mol. The molecule has 0 spiro atoms. The van der Waals surface area contributed by atoms with Gasteiger partial charge in [-0.15, -0.1) is 0 Å². The van der Waals surface area contributed by atoms with Crippen molar-refractivity contribution in [3.05, 3.63) is 63.1 Å². The molecule has 5 rings (SSSR count). The number of hydrogen-bond acceptors (Lipinski definition) is 3. The van der Waals surface area contributed by atoms with Crippen LogP contribution in [0.25, 0.3) is 0 Å². The van der Waals surface area contributed by atoms with Crippen LogP contribution in [0.5, 0.6) is 0 Å². The Morgan fingerprint density at radius 3 is 2.63 bits per heavy atom. The van der Waals surface area contributed by atoms with Gasteiger partial charge in [0.25, 0.3) is 0 Å². The Labute approximate surface area is 168 Å². The number of carbonyl (C=O) groups excluding carboxylic acids is 1. The highest BCUT2D eigenvalue weighted by molar-refractivity contribution is 6.35. The van der Waals surface area contributed by atoms with Crippen molar-refractivity contribution >= 4 is 35.0 Å². The van der Waals surface area contributed by atoms with E-state index in [1.807, 2.05) is 30.3 Å². The lowest BCUT2D eigenvalue weighted by Gasteiger charge is -2.37. The number of anilines is 1. The van der Waals surface area contributed by atoms with Gasteiger partial charge in [-0.25, -0.2) is 4.79 Å². The topological polar surface area (TPSA) is 32.8 Å². The Balaban J connectivity index is 1.64. The molecule has 1 saturated heterocycles. The van der Waals surface area contributed by atoms with E-state index in [2.05, 4.69) is 11.0 Å². The maximum Gasteiger partial charge on any atom is 0.414 e. The Bertz CT molecular complexity index is 913. The van der Waals surface area contributed by atoms with Crippen molar-refractivity contribution in [2.75, 3.05) is 24.6 Å². The zero-order valence-electron chi connectivity index (χ0n) is 14.8. The average Bonchev–Trinajstić information content (AvgIpc) is 3.42. The highest BCUT2D eigenvalue weighted by Gasteiger charge is 2.38. The van der Waals surface area contributed by atoms with Crippen LogP contribution in [0.3, 0.4) is 0 Å². The van der Waals surface area contributed by atoms with Crippen LogP contribution in [0.4, 0.5) is 10.5 Å². The molecule has 140 valence electrons. The Morgan fingerprint density at radius 1 is 1.07 bits per heavy atom. The summed E-state index contributed by atoms with van der Waals surface area (Å²) in [6, 6.07) is 12.6. The van der Waals surface area contributed by atoms with E-state index in [1.165, 1.54) is 18.4 Å². The lowest BCUT2D eigenvalue weighted by molar-refractivity contribution is 0.181. The number of amides is 1. The van der Waals surface area contributed by atoms with Crippen molar-refractivity contribution in [1.82, 2.24) is 4.90 Å². The Morgan fingerprint density at radius 2 is 1.89 bits per heavy atom. The van der Waals surface area contributed by atoms with Gasteiger partial charge in [-0.05, 0) is 47.7 Å². The lowest BCUT2D eigenvalue weighted by atomic mass is 9.83. The fourth-order valence-electron chi connectivity index (χ4n) is 4.33. The summed E-state index contributed by atoms with van der Waals surface area (Å²) >= 11 is 12.9. The van der Waals surface area contributed by atoms with E-state index in [0.29, 0.717) is 24.2 Å². The maximum absolute atomic E-state index is 12.2. The van der Waals surface area contributed by atoms with E-state index in [9.17, 15) is 4.79 Å². The number of benzene rings is 2. The average molecular weight is 403 g/mol. The first kappa shape index (κ1) is 17.4. The number of ether oxygens (including phenoxy) is 1. The van der Waals surface area contributed by atoms with Crippen molar-refractivity contribution in [3.8, 4) is 0 Å². The van der Waals surface area contributed by atoms with Gasteiger partial charge in [0.05, 0.1) is 12.2 Å². The van der Waals surface area contributed by atoms with Gasteiger partial charge < -0.3 is 4.74 Å². The molecule has 1 saturated carbocycles. The third-order valence-corrected chi connectivity index (χ3v) is 6.33. The Kier molecular flexibility index (Phi) is 4.30. The van der Waals surface area contributed by atoms with Gasteiger partial charge in [0.2, 0.25) is 0 Å². The van der Waals surface area contributed by atoms with Gasteiger partial charge in [-0.2, -0.15) is 0 Å². The third-order valence-electron chi connectivity index (χ3n) is 5.78. The molecule has 1 amide bonds. The highest BCUT2D eigenvalue weighted by atomic mass is 35.5. The molecule has 0 aromatic heterocycles. The van der Waals surface area contributed by atoms with Crippen molar-refractivity contribution in [3.63, 3.8) is 0 Å². The summed E-state index contributed by atoms with van der Waals surface area (Å²) in [6.45, 7) is 2.78. The SMILES string of the molecule is O=C1OCCN1c1ccccc1[C@@H]1CN(C2CC2)Cc2c(Cl)cc(Cl)cc21. The van der Waals surface area contributed by atoms with E-state index >= 15 is 0 Å². The molecule has 2 aliphatic heterocycles. The van der Waals surface area contributed by atoms with Crippen molar-refractivity contribution in [2.45, 2.75) is 31.3 Å². The minimum Gasteiger partial charge on any atom is -0.447 e. The van der Waals surface area contributed by atoms with Crippen LogP contribution >= 0.6 is 23.2 Å². The quantitative estimate of drug-likeness (QED) is 0.718. The molecular weight excluding hydrogens is 383 g/mol. The van der Waals surface area contributed by atoms with Crippen LogP contribution in [0.1, 0.15) is 35.4 Å². The summed E-state index contributed by atoms with van der Waals surface area (Å²) in [5.41, 5.74) is 4.37. The summed E-state index contributed by atoms with van der Waals surface area (Å²) in [5, 5.41) is 1.38. The molecule has 2 aromatic carbocycles. The van der Waals surface area contributed by atoms with Crippen LogP contribution < -0.4 is 4.90 Å². The van der Waals surface area contributed by atoms with Gasteiger partial charge in [0, 0.05) is 35.1 Å². The van der Waals surface area contributed by atoms with Gasteiger partial charge >= 0.3 is 6.09 Å². The molecule has 1 aliphatic carbocycles. The number of carbonyl (C=O) groups is 1. The van der Waals surface area contributed by atoms with Crippen molar-refractivity contribution < 1.29 is 9.53 Å². The number of cyclic esters (lactones) is 1. The molecule has 0 N–H and O–H groups in total. The van der Waals surface area contributed by atoms with Crippen molar-refractivity contribution in [1.29, 1.82) is 0 Å². The molecule has 0 bridgehead atoms. The van der Waals surface area contributed by atoms with Gasteiger partial charge in [0.1, 0.15) is 6.61 Å². The van der Waals surface area contributed by atoms with Crippen molar-refractivity contribution in [2.24, 2.45) is 0 Å². The van der Waals surface area contributed by atoms with E-state index in [-0.39, 0.29) is 12.0 Å². The fourth-order valence-corrected chi connectivity index (χ4v) is 4.89. The van der Waals surface area contributed by atoms with E-state index in [0.717, 1.165) is 34.9 Å². The molecule has 6 heteroatoms. The number of halogens is 2. The van der Waals surface area contributed by atoms with E-state index in [1.54, 1.807) is 4.90 Å². The first-order valence-electron chi connectivity index (χ1n) is 9.37. The molecule has 2 fully saturated rings. The zero-order chi connectivity index (χ0) is 18.5. The maximum atomic E-state index is 12.2. The number of hydrogen-bond donors (Lipinski definition) is 0. The monoisotopic (exact) mass is 402 g/mol. The molecule has 27 heavy (non-hydrogen) atoms. The van der Waals surface area contributed by atoms with Crippen LogP contribution in [-0.2, 0) is 11.3 Å². The second-order valence-electron chi connectivity index (χ2n) is 7.49. The van der Waals surface area contributed by atoms with Gasteiger partial charge in [-0.1, -0.05) is 41.4 Å². The number of para-hydroxylation sites is 1. The summed E-state index contributed by atoms with van der Waals surface area (Å²) < 4.78 is 5.17. The Hall–Kier alpha value is -1.75. The largest absolute Gasteiger partial charge is 0.447 e. The molecule has 4 nitrogen and oxygen atoms in total. The number of rotatable bonds is 3. The molecule has 0 radical (unpaired) electrons. The lowest BCUT2D eigenvalue weighted by Crippen LogP contribution is -2.36. The molecule has 2 aromatic rings. The second kappa shape index (κ2) is 6.69. The zero-order valence-corrected chi connectivity index (χ0v) is 16.3. The smallest absolute Gasteiger partial charge is 0.414 e. The highest BCUT2D eigenvalue weighted by Crippen LogP contribution is 2.44. The minimum atomic E-state index is -0.276. The summed E-state index contributed by atoms with van der Waals surface area (Å²) in [6.07, 6.45) is 2.21. The second-order valence-corrected chi connectivity index (χ2v) is 8.34. The molecule has 0 unspecified atom stereocenters. The summed E-state index contributed by atoms with van der Waals surface area (Å²) in [4.78, 5) is 16.5. The van der Waals surface area contributed by atoms with Crippen LogP contribution in [0.15, 0.2) is 36.4 Å². The first-order valence-corrected chi connectivity index (χ1v) is 10.1. The van der Waals surface area contributed by atoms with Crippen LogP contribution in [0, 0.1) is 0 Å². The third kappa shape index (κ3) is 3.10. The molecule has 1 atom stereocenters. The summed E-state index contributed by atoms with van der Waals surface area (Å²) in [7, 11) is 0. The van der Waals surface area contributed by atoms with Gasteiger partial charge in [0.15, 0.2) is 0 Å². The van der Waals surface area contributed by atoms with Crippen LogP contribution in [-0.4, -0.2) is 36.7 Å². The molecule has 2 heterocycles. The van der Waals surface area contributed by atoms with E-state index < -0.39 is 0 Å². The molecular formula is C21H20Cl2N2O2. The van der Waals surface area contributed by atoms with Crippen LogP contribution in [0.2, 0.25) is 10.0 Å². The standard InChI is InChI=1S/C21H20Cl2N2O2/c22-13-9-16-17(11-24(14-5-6-14)12-18(16)19(23)10-13)15-3-1-2-4-20(15)25-7-8-27-21(25)26/h1-4,9-10,14,17H,5-8,11-12H2/t17-/m0/s1. The predicted octanol–water partition coefficient (Wildman–Crippen LogP) is 5.06. The van der Waals surface area contributed by atoms with E-state index in [4.69, 9.17) is 27.9 Å². The first-order chi connectivity index (χ1) is 13.1. The number of fused-ring (bicyclic) bond motifs is 1. The number of nitrogens with zero attached hydrogens (tertiary/aromatic N) is 2. The minimum absolute atomic E-state index is 0.121. The molecule has 3 aliphatic rings.